The summed E-state index contributed by atoms with van der Waals surface area (Å²) >= 11 is 7.25. The molecule has 0 saturated heterocycles. The molecule has 0 aliphatic heterocycles. The first-order valence-electron chi connectivity index (χ1n) is 8.38. The van der Waals surface area contributed by atoms with E-state index in [1.165, 1.54) is 18.1 Å². The van der Waals surface area contributed by atoms with Crippen molar-refractivity contribution in [2.24, 2.45) is 7.05 Å². The van der Waals surface area contributed by atoms with E-state index in [0.29, 0.717) is 18.2 Å². The lowest BCUT2D eigenvalue weighted by Crippen LogP contribution is -2.36. The van der Waals surface area contributed by atoms with Crippen molar-refractivity contribution in [1.29, 1.82) is 0 Å². The van der Waals surface area contributed by atoms with Crippen LogP contribution < -0.4 is 4.74 Å². The summed E-state index contributed by atoms with van der Waals surface area (Å²) in [6, 6.07) is 7.14. The van der Waals surface area contributed by atoms with E-state index in [9.17, 15) is 4.79 Å². The summed E-state index contributed by atoms with van der Waals surface area (Å²) in [6.07, 6.45) is 3.21. The van der Waals surface area contributed by atoms with Gasteiger partial charge in [-0.05, 0) is 31.2 Å². The molecule has 0 bridgehead atoms. The standard InChI is InChI=1S/C18H20ClN5O2S/c1-12(27-17-15-10-22-24(3)16(15)20-11-21-17)18(25)23(2)8-9-26-14-6-4-13(19)5-7-14/h4-7,10-12H,8-9H2,1-3H3. The Kier molecular flexibility index (Phi) is 6.18. The fourth-order valence-electron chi connectivity index (χ4n) is 2.50. The zero-order chi connectivity index (χ0) is 19.4. The molecule has 0 aliphatic rings. The fourth-order valence-corrected chi connectivity index (χ4v) is 3.62. The van der Waals surface area contributed by atoms with Crippen LogP contribution in [0.25, 0.3) is 11.0 Å². The quantitative estimate of drug-likeness (QED) is 0.444. The zero-order valence-corrected chi connectivity index (χ0v) is 16.9. The van der Waals surface area contributed by atoms with Crippen LogP contribution in [-0.4, -0.2) is 56.0 Å². The smallest absolute Gasteiger partial charge is 0.235 e. The lowest BCUT2D eigenvalue weighted by molar-refractivity contribution is -0.129. The molecule has 1 aromatic carbocycles. The van der Waals surface area contributed by atoms with Crippen molar-refractivity contribution in [3.8, 4) is 5.75 Å². The van der Waals surface area contributed by atoms with Crippen molar-refractivity contribution < 1.29 is 9.53 Å². The second-order valence-corrected chi connectivity index (χ2v) is 7.77. The monoisotopic (exact) mass is 405 g/mol. The third kappa shape index (κ3) is 4.70. The van der Waals surface area contributed by atoms with E-state index < -0.39 is 0 Å². The van der Waals surface area contributed by atoms with E-state index in [0.717, 1.165) is 21.8 Å². The molecule has 3 rings (SSSR count). The van der Waals surface area contributed by atoms with Crippen molar-refractivity contribution in [2.75, 3.05) is 20.2 Å². The second-order valence-electron chi connectivity index (χ2n) is 6.01. The van der Waals surface area contributed by atoms with Crippen molar-refractivity contribution in [2.45, 2.75) is 17.2 Å². The Bertz CT molecular complexity index is 931. The number of hydrogen-bond donors (Lipinski definition) is 0. The molecule has 27 heavy (non-hydrogen) atoms. The van der Waals surface area contributed by atoms with Crippen molar-refractivity contribution in [1.82, 2.24) is 24.6 Å². The molecule has 0 radical (unpaired) electrons. The van der Waals surface area contributed by atoms with Gasteiger partial charge in [0.1, 0.15) is 23.7 Å². The number of benzene rings is 1. The Morgan fingerprint density at radius 3 is 2.81 bits per heavy atom. The van der Waals surface area contributed by atoms with Crippen LogP contribution in [0.2, 0.25) is 5.02 Å². The molecular weight excluding hydrogens is 386 g/mol. The fraction of sp³-hybridized carbons (Fsp3) is 0.333. The van der Waals surface area contributed by atoms with E-state index in [2.05, 4.69) is 15.1 Å². The van der Waals surface area contributed by atoms with Gasteiger partial charge in [0.2, 0.25) is 5.91 Å². The van der Waals surface area contributed by atoms with Crippen LogP contribution in [-0.2, 0) is 11.8 Å². The minimum Gasteiger partial charge on any atom is -0.492 e. The Balaban J connectivity index is 1.55. The topological polar surface area (TPSA) is 73.1 Å². The van der Waals surface area contributed by atoms with E-state index in [1.54, 1.807) is 47.1 Å². The number of aryl methyl sites for hydroxylation is 1. The number of nitrogens with zero attached hydrogens (tertiary/aromatic N) is 5. The first-order chi connectivity index (χ1) is 13.0. The van der Waals surface area contributed by atoms with Gasteiger partial charge in [0.15, 0.2) is 5.65 Å². The number of likely N-dealkylation sites (N-methyl/N-ethyl adjacent to an activating group) is 1. The minimum atomic E-state index is -0.288. The van der Waals surface area contributed by atoms with Crippen LogP contribution in [0.4, 0.5) is 0 Å². The van der Waals surface area contributed by atoms with Gasteiger partial charge in [-0.25, -0.2) is 9.97 Å². The molecule has 3 aromatic rings. The van der Waals surface area contributed by atoms with Crippen LogP contribution in [0.3, 0.4) is 0 Å². The van der Waals surface area contributed by atoms with Gasteiger partial charge in [0, 0.05) is 19.1 Å². The van der Waals surface area contributed by atoms with E-state index in [-0.39, 0.29) is 11.2 Å². The van der Waals surface area contributed by atoms with Crippen molar-refractivity contribution in [3.63, 3.8) is 0 Å². The van der Waals surface area contributed by atoms with Crippen molar-refractivity contribution >= 4 is 40.3 Å². The van der Waals surface area contributed by atoms with Crippen LogP contribution in [0.15, 0.2) is 41.8 Å². The number of ether oxygens (including phenoxy) is 1. The lowest BCUT2D eigenvalue weighted by Gasteiger charge is -2.21. The minimum absolute atomic E-state index is 0.00959. The first-order valence-corrected chi connectivity index (χ1v) is 9.64. The second kappa shape index (κ2) is 8.58. The van der Waals surface area contributed by atoms with Gasteiger partial charge >= 0.3 is 0 Å². The largest absolute Gasteiger partial charge is 0.492 e. The van der Waals surface area contributed by atoms with Crippen LogP contribution in [0.5, 0.6) is 5.75 Å². The van der Waals surface area contributed by atoms with Crippen LogP contribution in [0, 0.1) is 0 Å². The highest BCUT2D eigenvalue weighted by Gasteiger charge is 2.21. The molecule has 0 saturated carbocycles. The van der Waals surface area contributed by atoms with Gasteiger partial charge in [-0.1, -0.05) is 23.4 Å². The molecule has 0 N–H and O–H groups in total. The third-order valence-electron chi connectivity index (χ3n) is 4.01. The zero-order valence-electron chi connectivity index (χ0n) is 15.3. The Morgan fingerprint density at radius 2 is 2.07 bits per heavy atom. The molecule has 1 unspecified atom stereocenters. The predicted molar refractivity (Wildman–Crippen MR) is 106 cm³/mol. The summed E-state index contributed by atoms with van der Waals surface area (Å²) in [4.78, 5) is 22.8. The van der Waals surface area contributed by atoms with E-state index in [4.69, 9.17) is 16.3 Å². The SMILES string of the molecule is CC(Sc1ncnc2c1cnn2C)C(=O)N(C)CCOc1ccc(Cl)cc1. The number of hydrogen-bond acceptors (Lipinski definition) is 6. The summed E-state index contributed by atoms with van der Waals surface area (Å²) in [6.45, 7) is 2.76. The summed E-state index contributed by atoms with van der Waals surface area (Å²) < 4.78 is 7.34. The highest BCUT2D eigenvalue weighted by atomic mass is 35.5. The maximum absolute atomic E-state index is 12.6. The van der Waals surface area contributed by atoms with Gasteiger partial charge in [-0.3, -0.25) is 9.48 Å². The molecule has 7 nitrogen and oxygen atoms in total. The Morgan fingerprint density at radius 1 is 1.33 bits per heavy atom. The molecular formula is C18H20ClN5O2S. The molecule has 0 aliphatic carbocycles. The average Bonchev–Trinajstić information content (AvgIpc) is 3.05. The molecule has 2 aromatic heterocycles. The highest BCUT2D eigenvalue weighted by molar-refractivity contribution is 8.00. The van der Waals surface area contributed by atoms with Gasteiger partial charge in [0.05, 0.1) is 23.4 Å². The van der Waals surface area contributed by atoms with Gasteiger partial charge in [-0.2, -0.15) is 5.10 Å². The molecule has 1 amide bonds. The van der Waals surface area contributed by atoms with Gasteiger partial charge in [0.25, 0.3) is 0 Å². The summed E-state index contributed by atoms with van der Waals surface area (Å²) in [5.74, 6) is 0.734. The van der Waals surface area contributed by atoms with Gasteiger partial charge in [-0.15, -0.1) is 0 Å². The summed E-state index contributed by atoms with van der Waals surface area (Å²) in [5, 5.41) is 6.17. The van der Waals surface area contributed by atoms with E-state index >= 15 is 0 Å². The molecule has 0 fully saturated rings. The number of amides is 1. The van der Waals surface area contributed by atoms with Crippen molar-refractivity contribution in [3.05, 3.63) is 41.8 Å². The van der Waals surface area contributed by atoms with Gasteiger partial charge < -0.3 is 9.64 Å². The lowest BCUT2D eigenvalue weighted by atomic mass is 10.3. The first kappa shape index (κ1) is 19.4. The maximum atomic E-state index is 12.6. The number of carbonyl (C=O) groups is 1. The highest BCUT2D eigenvalue weighted by Crippen LogP contribution is 2.28. The molecule has 0 spiro atoms. The molecule has 142 valence electrons. The van der Waals surface area contributed by atoms with Crippen LogP contribution in [0.1, 0.15) is 6.92 Å². The number of carbonyl (C=O) groups excluding carboxylic acids is 1. The average molecular weight is 406 g/mol. The maximum Gasteiger partial charge on any atom is 0.235 e. The molecule has 2 heterocycles. The predicted octanol–water partition coefficient (Wildman–Crippen LogP) is 3.03. The summed E-state index contributed by atoms with van der Waals surface area (Å²) in [7, 11) is 3.59. The normalized spacial score (nSPS) is 12.1. The number of thioether (sulfide) groups is 1. The van der Waals surface area contributed by atoms with Crippen LogP contribution >= 0.6 is 23.4 Å². The number of aromatic nitrogens is 4. The number of rotatable bonds is 7. The van der Waals surface area contributed by atoms with E-state index in [1.807, 2.05) is 14.0 Å². The summed E-state index contributed by atoms with van der Waals surface area (Å²) in [5.41, 5.74) is 0.747. The Hall–Kier alpha value is -2.32. The number of fused-ring (bicyclic) bond motifs is 1. The number of halogens is 1. The molecule has 1 atom stereocenters. The Labute approximate surface area is 166 Å². The third-order valence-corrected chi connectivity index (χ3v) is 5.37. The molecule has 9 heteroatoms.